The van der Waals surface area contributed by atoms with Crippen LogP contribution in [0.4, 0.5) is 5.69 Å². The Morgan fingerprint density at radius 3 is 2.80 bits per heavy atom. The number of anilines is 1. The number of nitrogens with zero attached hydrogens (tertiary/aromatic N) is 1. The van der Waals surface area contributed by atoms with Crippen molar-refractivity contribution in [1.82, 2.24) is 10.3 Å². The van der Waals surface area contributed by atoms with E-state index in [1.165, 1.54) is 6.39 Å². The van der Waals surface area contributed by atoms with Gasteiger partial charge in [-0.1, -0.05) is 0 Å². The van der Waals surface area contributed by atoms with Crippen LogP contribution in [0.2, 0.25) is 0 Å². The number of nitrogens with one attached hydrogen (secondary N) is 2. The number of hydrogen-bond acceptors (Lipinski definition) is 4. The molecule has 1 atom stereocenters. The molecule has 0 saturated carbocycles. The first-order valence-electron chi connectivity index (χ1n) is 6.73. The molecular weight excluding hydrogens is 254 g/mol. The monoisotopic (exact) mass is 271 g/mol. The largest absolute Gasteiger partial charge is 0.444 e. The lowest BCUT2D eigenvalue weighted by atomic mass is 9.99. The lowest BCUT2D eigenvalue weighted by Crippen LogP contribution is -2.47. The highest BCUT2D eigenvalue weighted by Gasteiger charge is 2.35. The molecule has 1 amide bonds. The molecule has 1 aliphatic rings. The van der Waals surface area contributed by atoms with Crippen LogP contribution < -0.4 is 10.6 Å². The van der Waals surface area contributed by atoms with Crippen LogP contribution in [0, 0.1) is 0 Å². The molecule has 1 saturated heterocycles. The third-order valence-electron chi connectivity index (χ3n) is 3.73. The summed E-state index contributed by atoms with van der Waals surface area (Å²) in [7, 11) is 0. The first-order chi connectivity index (χ1) is 9.67. The molecular formula is C15H17N3O2. The fraction of sp³-hybridized carbons (Fsp3) is 0.333. The third-order valence-corrected chi connectivity index (χ3v) is 3.73. The normalized spacial score (nSPS) is 21.9. The molecule has 1 aromatic heterocycles. The lowest BCUT2D eigenvalue weighted by molar-refractivity contribution is -0.121. The maximum atomic E-state index is 12.2. The van der Waals surface area contributed by atoms with Crippen LogP contribution in [0.3, 0.4) is 0 Å². The summed E-state index contributed by atoms with van der Waals surface area (Å²) in [5.74, 6) is 0.731. The van der Waals surface area contributed by atoms with Crippen molar-refractivity contribution < 1.29 is 9.21 Å². The smallest absolute Gasteiger partial charge is 0.244 e. The number of aromatic nitrogens is 1. The molecule has 0 bridgehead atoms. The number of benzene rings is 1. The second kappa shape index (κ2) is 5.09. The fourth-order valence-electron chi connectivity index (χ4n) is 2.43. The van der Waals surface area contributed by atoms with Crippen molar-refractivity contribution in [2.45, 2.75) is 25.3 Å². The van der Waals surface area contributed by atoms with Crippen LogP contribution in [0.1, 0.15) is 19.8 Å². The zero-order valence-electron chi connectivity index (χ0n) is 11.3. The minimum atomic E-state index is -0.455. The SMILES string of the molecule is CC1(C(=O)Nc2ccc(-c3cnco3)cc2)CCCN1. The van der Waals surface area contributed by atoms with Crippen molar-refractivity contribution in [3.05, 3.63) is 36.9 Å². The van der Waals surface area contributed by atoms with Gasteiger partial charge in [0.25, 0.3) is 0 Å². The highest BCUT2D eigenvalue weighted by atomic mass is 16.3. The van der Waals surface area contributed by atoms with Gasteiger partial charge < -0.3 is 15.1 Å². The summed E-state index contributed by atoms with van der Waals surface area (Å²) in [4.78, 5) is 16.1. The van der Waals surface area contributed by atoms with Crippen molar-refractivity contribution >= 4 is 11.6 Å². The first kappa shape index (κ1) is 12.9. The molecule has 2 aromatic rings. The van der Waals surface area contributed by atoms with E-state index in [1.807, 2.05) is 31.2 Å². The molecule has 1 fully saturated rings. The van der Waals surface area contributed by atoms with Gasteiger partial charge in [0.15, 0.2) is 12.2 Å². The minimum absolute atomic E-state index is 0.0161. The summed E-state index contributed by atoms with van der Waals surface area (Å²) in [6, 6.07) is 7.54. The van der Waals surface area contributed by atoms with Crippen LogP contribution >= 0.6 is 0 Å². The van der Waals surface area contributed by atoms with E-state index in [4.69, 9.17) is 4.42 Å². The average molecular weight is 271 g/mol. The Balaban J connectivity index is 1.71. The highest BCUT2D eigenvalue weighted by molar-refractivity contribution is 5.98. The molecule has 1 aliphatic heterocycles. The molecule has 0 radical (unpaired) electrons. The summed E-state index contributed by atoms with van der Waals surface area (Å²) < 4.78 is 5.23. The zero-order valence-corrected chi connectivity index (χ0v) is 11.3. The molecule has 1 unspecified atom stereocenters. The van der Waals surface area contributed by atoms with Crippen molar-refractivity contribution in [3.8, 4) is 11.3 Å². The third kappa shape index (κ3) is 2.44. The first-order valence-corrected chi connectivity index (χ1v) is 6.73. The number of hydrogen-bond donors (Lipinski definition) is 2. The molecule has 3 rings (SSSR count). The Morgan fingerprint density at radius 2 is 2.20 bits per heavy atom. The zero-order chi connectivity index (χ0) is 14.0. The van der Waals surface area contributed by atoms with Crippen molar-refractivity contribution in [1.29, 1.82) is 0 Å². The van der Waals surface area contributed by atoms with E-state index in [1.54, 1.807) is 6.20 Å². The number of oxazole rings is 1. The van der Waals surface area contributed by atoms with Gasteiger partial charge in [-0.25, -0.2) is 4.98 Å². The molecule has 20 heavy (non-hydrogen) atoms. The van der Waals surface area contributed by atoms with E-state index in [2.05, 4.69) is 15.6 Å². The van der Waals surface area contributed by atoms with Gasteiger partial charge in [-0.3, -0.25) is 4.79 Å². The summed E-state index contributed by atoms with van der Waals surface area (Å²) in [5, 5.41) is 6.20. The van der Waals surface area contributed by atoms with Gasteiger partial charge in [-0.15, -0.1) is 0 Å². The Morgan fingerprint density at radius 1 is 1.40 bits per heavy atom. The summed E-state index contributed by atoms with van der Waals surface area (Å²) >= 11 is 0. The molecule has 1 aromatic carbocycles. The van der Waals surface area contributed by atoms with Crippen LogP contribution in [-0.4, -0.2) is 23.0 Å². The molecule has 104 valence electrons. The van der Waals surface area contributed by atoms with E-state index in [9.17, 15) is 4.79 Å². The topological polar surface area (TPSA) is 67.2 Å². The van der Waals surface area contributed by atoms with Gasteiger partial charge >= 0.3 is 0 Å². The quantitative estimate of drug-likeness (QED) is 0.899. The average Bonchev–Trinajstić information content (AvgIpc) is 3.11. The number of carbonyl (C=O) groups excluding carboxylic acids is 1. The number of carbonyl (C=O) groups is 1. The van der Waals surface area contributed by atoms with E-state index < -0.39 is 5.54 Å². The predicted molar refractivity (Wildman–Crippen MR) is 76.2 cm³/mol. The second-order valence-corrected chi connectivity index (χ2v) is 5.26. The van der Waals surface area contributed by atoms with Gasteiger partial charge in [0, 0.05) is 11.3 Å². The Hall–Kier alpha value is -2.14. The molecule has 2 N–H and O–H groups in total. The minimum Gasteiger partial charge on any atom is -0.444 e. The van der Waals surface area contributed by atoms with Crippen LogP contribution in [0.25, 0.3) is 11.3 Å². The van der Waals surface area contributed by atoms with Crippen molar-refractivity contribution in [2.24, 2.45) is 0 Å². The molecule has 0 spiro atoms. The van der Waals surface area contributed by atoms with Gasteiger partial charge in [-0.2, -0.15) is 0 Å². The summed E-state index contributed by atoms with van der Waals surface area (Å²) in [6.07, 6.45) is 4.97. The highest BCUT2D eigenvalue weighted by Crippen LogP contribution is 2.23. The summed E-state index contributed by atoms with van der Waals surface area (Å²) in [6.45, 7) is 2.84. The molecule has 2 heterocycles. The number of amides is 1. The van der Waals surface area contributed by atoms with E-state index in [0.29, 0.717) is 5.76 Å². The van der Waals surface area contributed by atoms with E-state index in [0.717, 1.165) is 30.6 Å². The standard InChI is InChI=1S/C15H17N3O2/c1-15(7-2-8-17-15)14(19)18-12-5-3-11(4-6-12)13-9-16-10-20-13/h3-6,9-10,17H,2,7-8H2,1H3,(H,18,19). The predicted octanol–water partition coefficient (Wildman–Crippen LogP) is 2.42. The van der Waals surface area contributed by atoms with Gasteiger partial charge in [0.05, 0.1) is 11.7 Å². The van der Waals surface area contributed by atoms with Crippen LogP contribution in [-0.2, 0) is 4.79 Å². The lowest BCUT2D eigenvalue weighted by Gasteiger charge is -2.23. The molecule has 0 aliphatic carbocycles. The Labute approximate surface area is 117 Å². The Kier molecular flexibility index (Phi) is 3.28. The van der Waals surface area contributed by atoms with Crippen molar-refractivity contribution in [3.63, 3.8) is 0 Å². The van der Waals surface area contributed by atoms with E-state index in [-0.39, 0.29) is 5.91 Å². The van der Waals surface area contributed by atoms with Gasteiger partial charge in [0.1, 0.15) is 0 Å². The van der Waals surface area contributed by atoms with Gasteiger partial charge in [0.2, 0.25) is 5.91 Å². The van der Waals surface area contributed by atoms with Gasteiger partial charge in [-0.05, 0) is 50.6 Å². The molecule has 5 heteroatoms. The maximum absolute atomic E-state index is 12.2. The second-order valence-electron chi connectivity index (χ2n) is 5.26. The summed E-state index contributed by atoms with van der Waals surface area (Å²) in [5.41, 5.74) is 1.27. The van der Waals surface area contributed by atoms with E-state index >= 15 is 0 Å². The molecule has 5 nitrogen and oxygen atoms in total. The fourth-order valence-corrected chi connectivity index (χ4v) is 2.43. The van der Waals surface area contributed by atoms with Crippen LogP contribution in [0.5, 0.6) is 0 Å². The van der Waals surface area contributed by atoms with Crippen LogP contribution in [0.15, 0.2) is 41.3 Å². The van der Waals surface area contributed by atoms with Crippen molar-refractivity contribution in [2.75, 3.05) is 11.9 Å². The number of rotatable bonds is 3. The Bertz CT molecular complexity index is 584. The maximum Gasteiger partial charge on any atom is 0.244 e.